The minimum Gasteiger partial charge on any atom is -0.251 e. The third-order valence-electron chi connectivity index (χ3n) is 2.05. The van der Waals surface area contributed by atoms with Gasteiger partial charge in [0.2, 0.25) is 0 Å². The number of nitrogens with zero attached hydrogens (tertiary/aromatic N) is 1. The highest BCUT2D eigenvalue weighted by Crippen LogP contribution is 2.37. The quantitative estimate of drug-likeness (QED) is 0.650. The van der Waals surface area contributed by atoms with Gasteiger partial charge in [0.15, 0.2) is 0 Å². The fraction of sp³-hybridized carbons (Fsp3) is 0.100. The summed E-state index contributed by atoms with van der Waals surface area (Å²) < 4.78 is 0. The van der Waals surface area contributed by atoms with Crippen LogP contribution in [0.1, 0.15) is 5.69 Å². The molecule has 0 unspecified atom stereocenters. The molecule has 2 aromatic rings. The van der Waals surface area contributed by atoms with E-state index < -0.39 is 0 Å². The maximum atomic E-state index is 6.09. The molecule has 1 nitrogen and oxygen atoms in total. The zero-order valence-corrected chi connectivity index (χ0v) is 10.6. The Bertz CT molecular complexity index is 551. The van der Waals surface area contributed by atoms with E-state index in [2.05, 4.69) is 4.98 Å². The van der Waals surface area contributed by atoms with Crippen molar-refractivity contribution in [1.82, 2.24) is 4.98 Å². The lowest BCUT2D eigenvalue weighted by Gasteiger charge is -2.07. The first-order valence-electron chi connectivity index (χ1n) is 4.11. The van der Waals surface area contributed by atoms with Crippen LogP contribution in [0.25, 0.3) is 10.9 Å². The van der Waals surface area contributed by atoms with Gasteiger partial charge in [0.05, 0.1) is 26.3 Å². The summed E-state index contributed by atoms with van der Waals surface area (Å²) in [5.41, 5.74) is 1.31. The molecule has 0 saturated carbocycles. The Balaban J connectivity index is 2.99. The maximum Gasteiger partial charge on any atom is 0.0811 e. The first kappa shape index (κ1) is 11.3. The number of hydrogen-bond acceptors (Lipinski definition) is 1. The van der Waals surface area contributed by atoms with Crippen LogP contribution >= 0.6 is 46.4 Å². The third-order valence-corrected chi connectivity index (χ3v) is 3.51. The predicted octanol–water partition coefficient (Wildman–Crippen LogP) is 5.16. The van der Waals surface area contributed by atoms with Gasteiger partial charge in [-0.1, -0.05) is 46.4 Å². The van der Waals surface area contributed by atoms with E-state index in [9.17, 15) is 0 Å². The topological polar surface area (TPSA) is 12.9 Å². The van der Waals surface area contributed by atoms with Crippen LogP contribution in [-0.4, -0.2) is 4.98 Å². The Morgan fingerprint density at radius 2 is 1.67 bits per heavy atom. The van der Waals surface area contributed by atoms with Crippen molar-refractivity contribution in [3.63, 3.8) is 0 Å². The summed E-state index contributed by atoms with van der Waals surface area (Å²) in [6, 6.07) is 3.32. The zero-order valence-electron chi connectivity index (χ0n) is 7.61. The number of fused-ring (bicyclic) bond motifs is 1. The van der Waals surface area contributed by atoms with Crippen molar-refractivity contribution in [2.75, 3.05) is 0 Å². The van der Waals surface area contributed by atoms with Gasteiger partial charge in [-0.2, -0.15) is 0 Å². The van der Waals surface area contributed by atoms with E-state index in [4.69, 9.17) is 46.4 Å². The summed E-state index contributed by atoms with van der Waals surface area (Å²) in [6.07, 6.45) is 0. The van der Waals surface area contributed by atoms with Crippen molar-refractivity contribution < 1.29 is 0 Å². The molecule has 78 valence electrons. The maximum absolute atomic E-state index is 6.09. The Hall–Kier alpha value is -0.210. The molecule has 0 aliphatic carbocycles. The molecule has 0 aliphatic heterocycles. The highest BCUT2D eigenvalue weighted by molar-refractivity contribution is 6.48. The van der Waals surface area contributed by atoms with Crippen molar-refractivity contribution in [2.24, 2.45) is 0 Å². The monoisotopic (exact) mass is 279 g/mol. The average Bonchev–Trinajstić information content (AvgIpc) is 2.13. The number of halogens is 4. The van der Waals surface area contributed by atoms with E-state index >= 15 is 0 Å². The number of pyridine rings is 1. The molecule has 0 fully saturated rings. The van der Waals surface area contributed by atoms with Crippen LogP contribution in [0, 0.1) is 6.92 Å². The predicted molar refractivity (Wildman–Crippen MR) is 66.5 cm³/mol. The standard InChI is InChI=1S/C10H5Cl4N/c1-4-9(13)10(14)8-6(12)2-5(11)3-7(8)15-4/h2-3H,1H3. The SMILES string of the molecule is Cc1nc2cc(Cl)cc(Cl)c2c(Cl)c1Cl. The molecule has 2 rings (SSSR count). The van der Waals surface area contributed by atoms with E-state index in [1.54, 1.807) is 19.1 Å². The van der Waals surface area contributed by atoms with Gasteiger partial charge in [0.25, 0.3) is 0 Å². The lowest BCUT2D eigenvalue weighted by molar-refractivity contribution is 1.26. The van der Waals surface area contributed by atoms with Gasteiger partial charge >= 0.3 is 0 Å². The molecule has 0 aliphatic rings. The van der Waals surface area contributed by atoms with Crippen molar-refractivity contribution in [1.29, 1.82) is 0 Å². The lowest BCUT2D eigenvalue weighted by Crippen LogP contribution is -1.88. The van der Waals surface area contributed by atoms with E-state index in [1.807, 2.05) is 0 Å². The number of benzene rings is 1. The summed E-state index contributed by atoms with van der Waals surface area (Å²) in [5.74, 6) is 0. The largest absolute Gasteiger partial charge is 0.251 e. The molecular weight excluding hydrogens is 276 g/mol. The Labute approximate surface area is 107 Å². The molecule has 0 N–H and O–H groups in total. The van der Waals surface area contributed by atoms with Crippen LogP contribution in [0.3, 0.4) is 0 Å². The minimum atomic E-state index is 0.417. The van der Waals surface area contributed by atoms with E-state index in [-0.39, 0.29) is 0 Å². The molecule has 1 aromatic carbocycles. The van der Waals surface area contributed by atoms with E-state index in [0.717, 1.165) is 0 Å². The Kier molecular flexibility index (Phi) is 3.00. The third kappa shape index (κ3) is 1.90. The van der Waals surface area contributed by atoms with Crippen LogP contribution in [0.5, 0.6) is 0 Å². The van der Waals surface area contributed by atoms with Crippen LogP contribution in [0.2, 0.25) is 20.1 Å². The lowest BCUT2D eigenvalue weighted by atomic mass is 10.2. The Morgan fingerprint density at radius 3 is 2.33 bits per heavy atom. The molecule has 1 heterocycles. The van der Waals surface area contributed by atoms with Crippen molar-refractivity contribution in [3.05, 3.63) is 37.9 Å². The minimum absolute atomic E-state index is 0.417. The fourth-order valence-corrected chi connectivity index (χ4v) is 2.46. The number of hydrogen-bond donors (Lipinski definition) is 0. The second kappa shape index (κ2) is 3.99. The van der Waals surface area contributed by atoms with Crippen molar-refractivity contribution >= 4 is 57.3 Å². The summed E-state index contributed by atoms with van der Waals surface area (Å²) in [6.45, 7) is 1.78. The smallest absolute Gasteiger partial charge is 0.0811 e. The molecule has 0 atom stereocenters. The van der Waals surface area contributed by atoms with Gasteiger partial charge in [-0.05, 0) is 19.1 Å². The molecule has 5 heteroatoms. The highest BCUT2D eigenvalue weighted by atomic mass is 35.5. The number of rotatable bonds is 0. The van der Waals surface area contributed by atoms with Gasteiger partial charge in [-0.15, -0.1) is 0 Å². The molecule has 0 spiro atoms. The summed E-state index contributed by atoms with van der Waals surface area (Å²) >= 11 is 24.0. The van der Waals surface area contributed by atoms with Crippen LogP contribution in [0.4, 0.5) is 0 Å². The van der Waals surface area contributed by atoms with Crippen LogP contribution in [0.15, 0.2) is 12.1 Å². The second-order valence-electron chi connectivity index (χ2n) is 3.11. The summed E-state index contributed by atoms with van der Waals surface area (Å²) in [5, 5.41) is 2.46. The van der Waals surface area contributed by atoms with E-state index in [0.29, 0.717) is 36.7 Å². The van der Waals surface area contributed by atoms with Gasteiger partial charge in [-0.25, -0.2) is 0 Å². The summed E-state index contributed by atoms with van der Waals surface area (Å²) in [7, 11) is 0. The van der Waals surface area contributed by atoms with Crippen molar-refractivity contribution in [2.45, 2.75) is 6.92 Å². The molecular formula is C10H5Cl4N. The molecule has 15 heavy (non-hydrogen) atoms. The van der Waals surface area contributed by atoms with Gasteiger partial charge < -0.3 is 0 Å². The average molecular weight is 281 g/mol. The molecule has 0 amide bonds. The number of aryl methyl sites for hydroxylation is 1. The first-order chi connectivity index (χ1) is 7.00. The van der Waals surface area contributed by atoms with Gasteiger partial charge in [0.1, 0.15) is 0 Å². The zero-order chi connectivity index (χ0) is 11.2. The van der Waals surface area contributed by atoms with Crippen molar-refractivity contribution in [3.8, 4) is 0 Å². The van der Waals surface area contributed by atoms with Gasteiger partial charge in [-0.3, -0.25) is 4.98 Å². The van der Waals surface area contributed by atoms with E-state index in [1.165, 1.54) is 0 Å². The Morgan fingerprint density at radius 1 is 1.00 bits per heavy atom. The highest BCUT2D eigenvalue weighted by Gasteiger charge is 2.12. The first-order valence-corrected chi connectivity index (χ1v) is 5.62. The molecule has 1 aromatic heterocycles. The molecule has 0 radical (unpaired) electrons. The molecule has 0 saturated heterocycles. The normalized spacial score (nSPS) is 11.0. The number of aromatic nitrogens is 1. The molecule has 0 bridgehead atoms. The summed E-state index contributed by atoms with van der Waals surface area (Å²) in [4.78, 5) is 4.27. The second-order valence-corrected chi connectivity index (χ2v) is 4.71. The van der Waals surface area contributed by atoms with Gasteiger partial charge in [0, 0.05) is 10.4 Å². The van der Waals surface area contributed by atoms with Crippen LogP contribution in [-0.2, 0) is 0 Å². The fourth-order valence-electron chi connectivity index (χ4n) is 1.36. The van der Waals surface area contributed by atoms with Crippen LogP contribution < -0.4 is 0 Å².